The number of hydrogen-bond donors (Lipinski definition) is 0. The van der Waals surface area contributed by atoms with E-state index in [9.17, 15) is 0 Å². The highest BCUT2D eigenvalue weighted by Gasteiger charge is 2.12. The van der Waals surface area contributed by atoms with Crippen LogP contribution in [0.1, 0.15) is 16.7 Å². The molecule has 0 amide bonds. The van der Waals surface area contributed by atoms with Crippen LogP contribution in [0.5, 0.6) is 11.5 Å². The number of aliphatic imine (C=N–C) groups is 1. The molecule has 144 valence electrons. The lowest BCUT2D eigenvalue weighted by Crippen LogP contribution is -1.99. The number of rotatable bonds is 6. The molecule has 0 aliphatic carbocycles. The summed E-state index contributed by atoms with van der Waals surface area (Å²) in [5.41, 5.74) is 3.67. The van der Waals surface area contributed by atoms with Gasteiger partial charge in [0.1, 0.15) is 6.61 Å². The number of hydrogen-bond acceptors (Lipinski definition) is 3. The minimum absolute atomic E-state index is 0.387. The molecule has 3 nitrogen and oxygen atoms in total. The van der Waals surface area contributed by atoms with Crippen LogP contribution in [0.15, 0.2) is 64.1 Å². The van der Waals surface area contributed by atoms with Crippen molar-refractivity contribution in [3.05, 3.63) is 85.8 Å². The average molecular weight is 479 g/mol. The molecule has 0 N–H and O–H groups in total. The van der Waals surface area contributed by atoms with Gasteiger partial charge in [-0.05, 0) is 60.0 Å². The molecule has 0 fully saturated rings. The lowest BCUT2D eigenvalue weighted by molar-refractivity contribution is 0.284. The minimum Gasteiger partial charge on any atom is -0.493 e. The van der Waals surface area contributed by atoms with E-state index in [0.29, 0.717) is 28.2 Å². The molecule has 0 saturated carbocycles. The highest BCUT2D eigenvalue weighted by molar-refractivity contribution is 9.10. The summed E-state index contributed by atoms with van der Waals surface area (Å²) in [6.45, 7) is 2.37. The fraction of sp³-hybridized carbons (Fsp3) is 0.136. The Bertz CT molecular complexity index is 1000. The van der Waals surface area contributed by atoms with Crippen LogP contribution in [0.25, 0.3) is 0 Å². The Morgan fingerprint density at radius 3 is 2.50 bits per heavy atom. The van der Waals surface area contributed by atoms with Crippen LogP contribution in [-0.4, -0.2) is 13.3 Å². The van der Waals surface area contributed by atoms with Crippen molar-refractivity contribution in [1.82, 2.24) is 0 Å². The topological polar surface area (TPSA) is 30.8 Å². The summed E-state index contributed by atoms with van der Waals surface area (Å²) >= 11 is 15.9. The van der Waals surface area contributed by atoms with Crippen LogP contribution < -0.4 is 9.47 Å². The third-order valence-electron chi connectivity index (χ3n) is 4.07. The van der Waals surface area contributed by atoms with Crippen molar-refractivity contribution in [1.29, 1.82) is 0 Å². The zero-order chi connectivity index (χ0) is 20.1. The Balaban J connectivity index is 1.81. The molecule has 6 heteroatoms. The summed E-state index contributed by atoms with van der Waals surface area (Å²) in [7, 11) is 1.58. The molecular weight excluding hydrogens is 461 g/mol. The molecule has 0 atom stereocenters. The minimum atomic E-state index is 0.387. The van der Waals surface area contributed by atoms with Gasteiger partial charge in [0.2, 0.25) is 0 Å². The van der Waals surface area contributed by atoms with E-state index in [4.69, 9.17) is 32.7 Å². The van der Waals surface area contributed by atoms with Crippen LogP contribution >= 0.6 is 39.1 Å². The fourth-order valence-corrected chi connectivity index (χ4v) is 3.26. The Labute approximate surface area is 183 Å². The third-order valence-corrected chi connectivity index (χ3v) is 5.12. The third kappa shape index (κ3) is 5.28. The molecule has 0 unspecified atom stereocenters. The van der Waals surface area contributed by atoms with Crippen molar-refractivity contribution >= 4 is 51.0 Å². The number of aryl methyl sites for hydroxylation is 1. The van der Waals surface area contributed by atoms with Gasteiger partial charge >= 0.3 is 0 Å². The van der Waals surface area contributed by atoms with Gasteiger partial charge in [-0.3, -0.25) is 4.99 Å². The number of ether oxygens (including phenoxy) is 2. The van der Waals surface area contributed by atoms with E-state index in [1.807, 2.05) is 55.5 Å². The van der Waals surface area contributed by atoms with Crippen LogP contribution in [-0.2, 0) is 6.61 Å². The van der Waals surface area contributed by atoms with Crippen LogP contribution in [0.2, 0.25) is 10.0 Å². The summed E-state index contributed by atoms with van der Waals surface area (Å²) in [5.74, 6) is 1.05. The summed E-state index contributed by atoms with van der Waals surface area (Å²) in [5, 5.41) is 1.10. The van der Waals surface area contributed by atoms with E-state index in [-0.39, 0.29) is 0 Å². The van der Waals surface area contributed by atoms with Crippen molar-refractivity contribution in [3.8, 4) is 11.5 Å². The van der Waals surface area contributed by atoms with Crippen LogP contribution in [0, 0.1) is 6.92 Å². The Morgan fingerprint density at radius 2 is 1.79 bits per heavy atom. The maximum atomic E-state index is 6.45. The number of halogens is 3. The molecule has 0 aliphatic rings. The van der Waals surface area contributed by atoms with E-state index in [2.05, 4.69) is 20.9 Å². The quantitative estimate of drug-likeness (QED) is 0.345. The van der Waals surface area contributed by atoms with E-state index >= 15 is 0 Å². The van der Waals surface area contributed by atoms with Gasteiger partial charge < -0.3 is 9.47 Å². The molecule has 0 bridgehead atoms. The average Bonchev–Trinajstić information content (AvgIpc) is 2.68. The first-order valence-electron chi connectivity index (χ1n) is 8.51. The van der Waals surface area contributed by atoms with E-state index < -0.39 is 0 Å². The molecule has 0 aliphatic heterocycles. The smallest absolute Gasteiger partial charge is 0.180 e. The van der Waals surface area contributed by atoms with Crippen LogP contribution in [0.4, 0.5) is 5.69 Å². The molecule has 3 aromatic rings. The molecular formula is C22H18BrCl2NO2. The first-order valence-corrected chi connectivity index (χ1v) is 10.1. The van der Waals surface area contributed by atoms with Gasteiger partial charge in [0, 0.05) is 15.7 Å². The van der Waals surface area contributed by atoms with Gasteiger partial charge in [-0.25, -0.2) is 0 Å². The molecule has 0 radical (unpaired) electrons. The van der Waals surface area contributed by atoms with E-state index in [0.717, 1.165) is 26.9 Å². The molecule has 28 heavy (non-hydrogen) atoms. The molecule has 3 rings (SSSR count). The monoisotopic (exact) mass is 477 g/mol. The van der Waals surface area contributed by atoms with Gasteiger partial charge in [-0.1, -0.05) is 57.3 Å². The second-order valence-corrected chi connectivity index (χ2v) is 7.90. The van der Waals surface area contributed by atoms with E-state index in [1.165, 1.54) is 0 Å². The zero-order valence-corrected chi connectivity index (χ0v) is 18.5. The van der Waals surface area contributed by atoms with Crippen molar-refractivity contribution in [2.45, 2.75) is 13.5 Å². The predicted molar refractivity (Wildman–Crippen MR) is 120 cm³/mol. The highest BCUT2D eigenvalue weighted by atomic mass is 79.9. The molecule has 3 aromatic carbocycles. The second-order valence-electron chi connectivity index (χ2n) is 6.14. The normalized spacial score (nSPS) is 11.0. The Kier molecular flexibility index (Phi) is 7.00. The second kappa shape index (κ2) is 9.46. The van der Waals surface area contributed by atoms with Gasteiger partial charge in [0.15, 0.2) is 11.5 Å². The van der Waals surface area contributed by atoms with E-state index in [1.54, 1.807) is 19.4 Å². The lowest BCUT2D eigenvalue weighted by Gasteiger charge is -2.13. The Hall–Kier alpha value is -2.01. The number of nitrogens with zero attached hydrogens (tertiary/aromatic N) is 1. The highest BCUT2D eigenvalue weighted by Crippen LogP contribution is 2.37. The molecule has 0 heterocycles. The van der Waals surface area contributed by atoms with Gasteiger partial charge in [0.25, 0.3) is 0 Å². The standard InChI is InChI=1S/C22H18BrCl2NO2/c1-14-3-8-18(24)11-20(14)26-12-16-9-19(25)22(21(10-16)27-2)28-13-15-4-6-17(23)7-5-15/h3-12H,13H2,1-2H3. The maximum Gasteiger partial charge on any atom is 0.180 e. The summed E-state index contributed by atoms with van der Waals surface area (Å²) in [6, 6.07) is 17.1. The van der Waals surface area contributed by atoms with Crippen LogP contribution in [0.3, 0.4) is 0 Å². The van der Waals surface area contributed by atoms with Gasteiger partial charge in [-0.2, -0.15) is 0 Å². The maximum absolute atomic E-state index is 6.45. The van der Waals surface area contributed by atoms with Crippen molar-refractivity contribution in [3.63, 3.8) is 0 Å². The molecule has 0 saturated heterocycles. The molecule has 0 aromatic heterocycles. The molecule has 0 spiro atoms. The summed E-state index contributed by atoms with van der Waals surface area (Å²) < 4.78 is 12.4. The summed E-state index contributed by atoms with van der Waals surface area (Å²) in [6.07, 6.45) is 1.73. The lowest BCUT2D eigenvalue weighted by atomic mass is 10.2. The first-order chi connectivity index (χ1) is 13.5. The number of methoxy groups -OCH3 is 1. The SMILES string of the molecule is COc1cc(C=Nc2cc(Cl)ccc2C)cc(Cl)c1OCc1ccc(Br)cc1. The van der Waals surface area contributed by atoms with Crippen molar-refractivity contribution < 1.29 is 9.47 Å². The zero-order valence-electron chi connectivity index (χ0n) is 15.4. The first kappa shape index (κ1) is 20.7. The summed E-state index contributed by atoms with van der Waals surface area (Å²) in [4.78, 5) is 4.52. The van der Waals surface area contributed by atoms with Crippen molar-refractivity contribution in [2.24, 2.45) is 4.99 Å². The largest absolute Gasteiger partial charge is 0.493 e. The predicted octanol–water partition coefficient (Wildman–Crippen LogP) is 7.40. The number of benzene rings is 3. The van der Waals surface area contributed by atoms with Crippen molar-refractivity contribution in [2.75, 3.05) is 7.11 Å². The fourth-order valence-electron chi connectivity index (χ4n) is 2.56. The van der Waals surface area contributed by atoms with Gasteiger partial charge in [0.05, 0.1) is 17.8 Å². The Morgan fingerprint density at radius 1 is 1.04 bits per heavy atom. The van der Waals surface area contributed by atoms with Gasteiger partial charge in [-0.15, -0.1) is 0 Å².